The van der Waals surface area contributed by atoms with Gasteiger partial charge in [0, 0.05) is 32.7 Å². The number of hydrogen-bond donors (Lipinski definition) is 2. The summed E-state index contributed by atoms with van der Waals surface area (Å²) in [4.78, 5) is 9.03. The molecule has 5 heteroatoms. The highest BCUT2D eigenvalue weighted by Crippen LogP contribution is 2.16. The predicted octanol–water partition coefficient (Wildman–Crippen LogP) is 0.947. The molecule has 1 saturated heterocycles. The predicted molar refractivity (Wildman–Crippen MR) is 78.2 cm³/mol. The van der Waals surface area contributed by atoms with Gasteiger partial charge in [-0.2, -0.15) is 0 Å². The maximum Gasteiger partial charge on any atom is 0.128 e. The zero-order valence-electron chi connectivity index (χ0n) is 11.8. The van der Waals surface area contributed by atoms with Crippen LogP contribution >= 0.6 is 0 Å². The lowest BCUT2D eigenvalue weighted by Gasteiger charge is -2.36. The normalized spacial score (nSPS) is 17.7. The summed E-state index contributed by atoms with van der Waals surface area (Å²) in [6.45, 7) is 8.66. The van der Waals surface area contributed by atoms with E-state index >= 15 is 0 Å². The smallest absolute Gasteiger partial charge is 0.128 e. The van der Waals surface area contributed by atoms with Crippen molar-refractivity contribution in [2.24, 2.45) is 0 Å². The van der Waals surface area contributed by atoms with Gasteiger partial charge in [-0.3, -0.25) is 4.90 Å². The summed E-state index contributed by atoms with van der Waals surface area (Å²) in [5.74, 6) is 0.997. The van der Waals surface area contributed by atoms with Crippen molar-refractivity contribution >= 4 is 11.5 Å². The van der Waals surface area contributed by atoms with Crippen molar-refractivity contribution in [2.75, 3.05) is 43.4 Å². The van der Waals surface area contributed by atoms with E-state index in [1.165, 1.54) is 0 Å². The van der Waals surface area contributed by atoms with Crippen LogP contribution in [0.4, 0.5) is 11.5 Å². The van der Waals surface area contributed by atoms with Crippen LogP contribution < -0.4 is 10.6 Å². The van der Waals surface area contributed by atoms with Gasteiger partial charge in [-0.1, -0.05) is 0 Å². The molecule has 0 radical (unpaired) electrons. The lowest BCUT2D eigenvalue weighted by molar-refractivity contribution is 0.0568. The van der Waals surface area contributed by atoms with E-state index in [-0.39, 0.29) is 0 Å². The summed E-state index contributed by atoms with van der Waals surface area (Å²) in [5.41, 5.74) is 5.77. The van der Waals surface area contributed by atoms with Crippen molar-refractivity contribution in [3.8, 4) is 0 Å². The SMILES string of the molecule is CC(C)(O)CCN1CCN(c2ccc(N)cn2)CC1. The van der Waals surface area contributed by atoms with E-state index in [0.717, 1.165) is 45.0 Å². The fourth-order valence-electron chi connectivity index (χ4n) is 2.22. The van der Waals surface area contributed by atoms with Crippen molar-refractivity contribution in [3.05, 3.63) is 18.3 Å². The highest BCUT2D eigenvalue weighted by Gasteiger charge is 2.20. The Hall–Kier alpha value is -1.33. The van der Waals surface area contributed by atoms with Gasteiger partial charge in [-0.25, -0.2) is 4.98 Å². The Kier molecular flexibility index (Phi) is 4.27. The fraction of sp³-hybridized carbons (Fsp3) is 0.643. The summed E-state index contributed by atoms with van der Waals surface area (Å²) >= 11 is 0. The highest BCUT2D eigenvalue weighted by atomic mass is 16.3. The minimum atomic E-state index is -0.574. The van der Waals surface area contributed by atoms with Gasteiger partial charge in [0.1, 0.15) is 5.82 Å². The molecular formula is C14H24N4O. The van der Waals surface area contributed by atoms with Crippen LogP contribution in [0.15, 0.2) is 18.3 Å². The van der Waals surface area contributed by atoms with E-state index in [1.807, 2.05) is 26.0 Å². The number of piperazine rings is 1. The second-order valence-electron chi connectivity index (χ2n) is 5.84. The summed E-state index contributed by atoms with van der Waals surface area (Å²) in [6, 6.07) is 3.87. The van der Waals surface area contributed by atoms with Crippen LogP contribution in [0.3, 0.4) is 0 Å². The van der Waals surface area contributed by atoms with Crippen LogP contribution in [0.1, 0.15) is 20.3 Å². The van der Waals surface area contributed by atoms with Crippen LogP contribution in [-0.4, -0.2) is 53.3 Å². The van der Waals surface area contributed by atoms with Gasteiger partial charge in [-0.15, -0.1) is 0 Å². The van der Waals surface area contributed by atoms with E-state index in [0.29, 0.717) is 5.69 Å². The lowest BCUT2D eigenvalue weighted by Crippen LogP contribution is -2.47. The number of nitrogens with zero attached hydrogens (tertiary/aromatic N) is 3. The topological polar surface area (TPSA) is 65.6 Å². The third kappa shape index (κ3) is 4.36. The van der Waals surface area contributed by atoms with E-state index in [4.69, 9.17) is 5.73 Å². The second kappa shape index (κ2) is 5.75. The average Bonchev–Trinajstić information content (AvgIpc) is 2.37. The third-order valence-corrected chi connectivity index (χ3v) is 3.51. The van der Waals surface area contributed by atoms with Gasteiger partial charge in [0.15, 0.2) is 0 Å². The Morgan fingerprint density at radius 2 is 1.95 bits per heavy atom. The molecular weight excluding hydrogens is 240 g/mol. The van der Waals surface area contributed by atoms with Gasteiger partial charge < -0.3 is 15.7 Å². The van der Waals surface area contributed by atoms with E-state index in [2.05, 4.69) is 14.8 Å². The Morgan fingerprint density at radius 3 is 2.47 bits per heavy atom. The molecule has 5 nitrogen and oxygen atoms in total. The highest BCUT2D eigenvalue weighted by molar-refractivity contribution is 5.46. The van der Waals surface area contributed by atoms with Crippen molar-refractivity contribution in [1.29, 1.82) is 0 Å². The first-order valence-electron chi connectivity index (χ1n) is 6.85. The van der Waals surface area contributed by atoms with Crippen LogP contribution in [0.5, 0.6) is 0 Å². The number of nitrogens with two attached hydrogens (primary N) is 1. The van der Waals surface area contributed by atoms with Gasteiger partial charge in [0.05, 0.1) is 17.5 Å². The van der Waals surface area contributed by atoms with Crippen LogP contribution in [-0.2, 0) is 0 Å². The molecule has 19 heavy (non-hydrogen) atoms. The molecule has 106 valence electrons. The zero-order valence-corrected chi connectivity index (χ0v) is 11.8. The van der Waals surface area contributed by atoms with Crippen LogP contribution in [0.25, 0.3) is 0 Å². The molecule has 0 bridgehead atoms. The summed E-state index contributed by atoms with van der Waals surface area (Å²) < 4.78 is 0. The quantitative estimate of drug-likeness (QED) is 0.847. The molecule has 2 rings (SSSR count). The summed E-state index contributed by atoms with van der Waals surface area (Å²) in [7, 11) is 0. The van der Waals surface area contributed by atoms with Gasteiger partial charge in [0.25, 0.3) is 0 Å². The van der Waals surface area contributed by atoms with Gasteiger partial charge >= 0.3 is 0 Å². The second-order valence-corrected chi connectivity index (χ2v) is 5.84. The Labute approximate surface area is 115 Å². The maximum atomic E-state index is 9.75. The first-order chi connectivity index (χ1) is 8.94. The molecule has 0 atom stereocenters. The number of anilines is 2. The summed E-state index contributed by atoms with van der Waals surface area (Å²) in [6.07, 6.45) is 2.52. The molecule has 2 heterocycles. The molecule has 1 aliphatic heterocycles. The van der Waals surface area contributed by atoms with Crippen molar-refractivity contribution < 1.29 is 5.11 Å². The van der Waals surface area contributed by atoms with E-state index < -0.39 is 5.60 Å². The first kappa shape index (κ1) is 14.1. The monoisotopic (exact) mass is 264 g/mol. The Balaban J connectivity index is 1.81. The first-order valence-corrected chi connectivity index (χ1v) is 6.85. The molecule has 0 aromatic carbocycles. The third-order valence-electron chi connectivity index (χ3n) is 3.51. The molecule has 3 N–H and O–H groups in total. The molecule has 1 aromatic heterocycles. The number of aromatic nitrogens is 1. The average molecular weight is 264 g/mol. The molecule has 0 amide bonds. The van der Waals surface area contributed by atoms with Gasteiger partial charge in [-0.05, 0) is 32.4 Å². The fourth-order valence-corrected chi connectivity index (χ4v) is 2.22. The molecule has 1 aromatic rings. The minimum absolute atomic E-state index is 0.574. The lowest BCUT2D eigenvalue weighted by atomic mass is 10.1. The maximum absolute atomic E-state index is 9.75. The number of hydrogen-bond acceptors (Lipinski definition) is 5. The van der Waals surface area contributed by atoms with E-state index in [9.17, 15) is 5.11 Å². The Bertz CT molecular complexity index is 391. The molecule has 1 aliphatic rings. The molecule has 1 fully saturated rings. The van der Waals surface area contributed by atoms with Crippen molar-refractivity contribution in [2.45, 2.75) is 25.9 Å². The Morgan fingerprint density at radius 1 is 1.26 bits per heavy atom. The number of pyridine rings is 1. The summed E-state index contributed by atoms with van der Waals surface area (Å²) in [5, 5.41) is 9.75. The van der Waals surface area contributed by atoms with Gasteiger partial charge in [0.2, 0.25) is 0 Å². The number of rotatable bonds is 4. The van der Waals surface area contributed by atoms with Crippen molar-refractivity contribution in [1.82, 2.24) is 9.88 Å². The molecule has 0 unspecified atom stereocenters. The molecule has 0 aliphatic carbocycles. The van der Waals surface area contributed by atoms with Crippen LogP contribution in [0, 0.1) is 0 Å². The van der Waals surface area contributed by atoms with Crippen LogP contribution in [0.2, 0.25) is 0 Å². The standard InChI is InChI=1S/C14H24N4O/c1-14(2,19)5-6-17-7-9-18(10-8-17)13-4-3-12(15)11-16-13/h3-4,11,19H,5-10,15H2,1-2H3. The zero-order chi connectivity index (χ0) is 13.9. The van der Waals surface area contributed by atoms with E-state index in [1.54, 1.807) is 6.20 Å². The minimum Gasteiger partial charge on any atom is -0.397 e. The largest absolute Gasteiger partial charge is 0.397 e. The number of nitrogen functional groups attached to an aromatic ring is 1. The van der Waals surface area contributed by atoms with Crippen molar-refractivity contribution in [3.63, 3.8) is 0 Å². The molecule has 0 spiro atoms. The number of aliphatic hydroxyl groups is 1. The molecule has 0 saturated carbocycles.